The summed E-state index contributed by atoms with van der Waals surface area (Å²) in [6, 6.07) is 2.60. The molecular weight excluding hydrogens is 278 g/mol. The van der Waals surface area contributed by atoms with Gasteiger partial charge in [-0.3, -0.25) is 0 Å². The SMILES string of the molecule is CNc1ncnc2c1ccn2C1CCC(CNCCC=O)C1. The molecule has 0 aromatic carbocycles. The van der Waals surface area contributed by atoms with Crippen molar-refractivity contribution in [2.24, 2.45) is 5.92 Å². The summed E-state index contributed by atoms with van der Waals surface area (Å²) in [7, 11) is 1.88. The Bertz CT molecular complexity index is 638. The number of nitrogens with zero attached hydrogens (tertiary/aromatic N) is 3. The number of aldehydes is 1. The molecular formula is C16H23N5O. The summed E-state index contributed by atoms with van der Waals surface area (Å²) in [5, 5.41) is 7.57. The molecule has 0 saturated heterocycles. The van der Waals surface area contributed by atoms with Crippen LogP contribution in [0.5, 0.6) is 0 Å². The summed E-state index contributed by atoms with van der Waals surface area (Å²) >= 11 is 0. The van der Waals surface area contributed by atoms with Gasteiger partial charge in [0.1, 0.15) is 24.1 Å². The molecule has 6 heteroatoms. The third-order valence-electron chi connectivity index (χ3n) is 4.52. The van der Waals surface area contributed by atoms with E-state index in [1.807, 2.05) is 7.05 Å². The first-order valence-electron chi connectivity index (χ1n) is 7.97. The van der Waals surface area contributed by atoms with Gasteiger partial charge in [-0.2, -0.15) is 0 Å². The zero-order valence-electron chi connectivity index (χ0n) is 13.0. The first kappa shape index (κ1) is 15.0. The van der Waals surface area contributed by atoms with Crippen molar-refractivity contribution < 1.29 is 4.79 Å². The molecule has 0 spiro atoms. The van der Waals surface area contributed by atoms with Crippen molar-refractivity contribution in [3.63, 3.8) is 0 Å². The van der Waals surface area contributed by atoms with E-state index in [1.54, 1.807) is 6.33 Å². The fourth-order valence-electron chi connectivity index (χ4n) is 3.42. The molecule has 118 valence electrons. The van der Waals surface area contributed by atoms with Crippen LogP contribution in [0.2, 0.25) is 0 Å². The van der Waals surface area contributed by atoms with Crippen molar-refractivity contribution in [2.75, 3.05) is 25.5 Å². The molecule has 2 aromatic rings. The van der Waals surface area contributed by atoms with E-state index < -0.39 is 0 Å². The van der Waals surface area contributed by atoms with Gasteiger partial charge in [0.25, 0.3) is 0 Å². The predicted octanol–water partition coefficient (Wildman–Crippen LogP) is 1.99. The highest BCUT2D eigenvalue weighted by Gasteiger charge is 2.26. The van der Waals surface area contributed by atoms with E-state index in [1.165, 1.54) is 12.8 Å². The van der Waals surface area contributed by atoms with Crippen LogP contribution in [0.3, 0.4) is 0 Å². The molecule has 22 heavy (non-hydrogen) atoms. The lowest BCUT2D eigenvalue weighted by Gasteiger charge is -2.15. The normalized spacial score (nSPS) is 21.3. The van der Waals surface area contributed by atoms with Crippen LogP contribution in [0.25, 0.3) is 11.0 Å². The van der Waals surface area contributed by atoms with Gasteiger partial charge in [0, 0.05) is 32.3 Å². The van der Waals surface area contributed by atoms with Crippen LogP contribution in [0, 0.1) is 5.92 Å². The Morgan fingerprint density at radius 3 is 3.14 bits per heavy atom. The fourth-order valence-corrected chi connectivity index (χ4v) is 3.42. The molecule has 1 aliphatic carbocycles. The van der Waals surface area contributed by atoms with Crippen molar-refractivity contribution in [3.8, 4) is 0 Å². The van der Waals surface area contributed by atoms with Crippen molar-refractivity contribution in [3.05, 3.63) is 18.6 Å². The summed E-state index contributed by atoms with van der Waals surface area (Å²) in [5.74, 6) is 1.56. The summed E-state index contributed by atoms with van der Waals surface area (Å²) in [6.45, 7) is 1.79. The molecule has 2 atom stereocenters. The number of hydrogen-bond donors (Lipinski definition) is 2. The lowest BCUT2D eigenvalue weighted by Crippen LogP contribution is -2.22. The number of anilines is 1. The minimum absolute atomic E-state index is 0.509. The fraction of sp³-hybridized carbons (Fsp3) is 0.562. The Labute approximate surface area is 130 Å². The number of carbonyl (C=O) groups excluding carboxylic acids is 1. The van der Waals surface area contributed by atoms with E-state index in [9.17, 15) is 4.79 Å². The van der Waals surface area contributed by atoms with Gasteiger partial charge in [-0.05, 0) is 37.8 Å². The Morgan fingerprint density at radius 1 is 1.41 bits per heavy atom. The molecule has 1 saturated carbocycles. The first-order chi connectivity index (χ1) is 10.8. The van der Waals surface area contributed by atoms with Gasteiger partial charge in [0.15, 0.2) is 0 Å². The van der Waals surface area contributed by atoms with Crippen molar-refractivity contribution in [1.82, 2.24) is 19.9 Å². The van der Waals surface area contributed by atoms with Crippen molar-refractivity contribution >= 4 is 23.1 Å². The maximum Gasteiger partial charge on any atom is 0.145 e. The second-order valence-corrected chi connectivity index (χ2v) is 5.92. The van der Waals surface area contributed by atoms with E-state index >= 15 is 0 Å². The number of rotatable bonds is 7. The van der Waals surface area contributed by atoms with Gasteiger partial charge in [0.05, 0.1) is 5.39 Å². The van der Waals surface area contributed by atoms with E-state index in [-0.39, 0.29) is 0 Å². The predicted molar refractivity (Wildman–Crippen MR) is 87.0 cm³/mol. The average molecular weight is 301 g/mol. The molecule has 3 rings (SSSR count). The molecule has 2 aromatic heterocycles. The number of carbonyl (C=O) groups is 1. The average Bonchev–Trinajstić information content (AvgIpc) is 3.17. The van der Waals surface area contributed by atoms with Crippen LogP contribution in [-0.4, -0.2) is 41.0 Å². The highest BCUT2D eigenvalue weighted by atomic mass is 16.1. The van der Waals surface area contributed by atoms with Crippen molar-refractivity contribution in [2.45, 2.75) is 31.7 Å². The minimum atomic E-state index is 0.509. The summed E-state index contributed by atoms with van der Waals surface area (Å²) in [5.41, 5.74) is 1.01. The molecule has 6 nitrogen and oxygen atoms in total. The third kappa shape index (κ3) is 2.97. The lowest BCUT2D eigenvalue weighted by atomic mass is 10.1. The molecule has 0 radical (unpaired) electrons. The first-order valence-corrected chi connectivity index (χ1v) is 7.97. The zero-order valence-corrected chi connectivity index (χ0v) is 13.0. The van der Waals surface area contributed by atoms with Crippen LogP contribution >= 0.6 is 0 Å². The van der Waals surface area contributed by atoms with Crippen LogP contribution in [-0.2, 0) is 4.79 Å². The second-order valence-electron chi connectivity index (χ2n) is 5.92. The Balaban J connectivity index is 1.67. The Kier molecular flexibility index (Phi) is 4.68. The molecule has 2 unspecified atom stereocenters. The molecule has 0 bridgehead atoms. The monoisotopic (exact) mass is 301 g/mol. The number of nitrogens with one attached hydrogen (secondary N) is 2. The highest BCUT2D eigenvalue weighted by Crippen LogP contribution is 2.36. The molecule has 0 amide bonds. The maximum atomic E-state index is 10.3. The Hall–Kier alpha value is -1.95. The standard InChI is InChI=1S/C16H23N5O/c1-17-15-14-5-7-21(16(14)20-11-19-15)13-4-3-12(9-13)10-18-6-2-8-22/h5,7-8,11-13,18H,2-4,6,9-10H2,1H3,(H,17,19,20). The van der Waals surface area contributed by atoms with E-state index in [2.05, 4.69) is 37.4 Å². The van der Waals surface area contributed by atoms with Crippen LogP contribution < -0.4 is 10.6 Å². The minimum Gasteiger partial charge on any atom is -0.372 e. The van der Waals surface area contributed by atoms with Gasteiger partial charge in [-0.25, -0.2) is 9.97 Å². The van der Waals surface area contributed by atoms with Gasteiger partial charge < -0.3 is 20.0 Å². The zero-order chi connectivity index (χ0) is 15.4. The quantitative estimate of drug-likeness (QED) is 0.604. The van der Waals surface area contributed by atoms with Gasteiger partial charge in [0.2, 0.25) is 0 Å². The van der Waals surface area contributed by atoms with Crippen LogP contribution in [0.1, 0.15) is 31.7 Å². The lowest BCUT2D eigenvalue weighted by molar-refractivity contribution is -0.107. The van der Waals surface area contributed by atoms with Crippen LogP contribution in [0.4, 0.5) is 5.82 Å². The Morgan fingerprint density at radius 2 is 2.32 bits per heavy atom. The molecule has 2 heterocycles. The molecule has 1 aliphatic rings. The van der Waals surface area contributed by atoms with E-state index in [4.69, 9.17) is 0 Å². The van der Waals surface area contributed by atoms with Crippen LogP contribution in [0.15, 0.2) is 18.6 Å². The number of hydrogen-bond acceptors (Lipinski definition) is 5. The molecule has 1 fully saturated rings. The summed E-state index contributed by atoms with van der Waals surface area (Å²) in [4.78, 5) is 19.1. The molecule has 2 N–H and O–H groups in total. The second kappa shape index (κ2) is 6.87. The van der Waals surface area contributed by atoms with Crippen molar-refractivity contribution in [1.29, 1.82) is 0 Å². The largest absolute Gasteiger partial charge is 0.372 e. The topological polar surface area (TPSA) is 71.8 Å². The van der Waals surface area contributed by atoms with Gasteiger partial charge >= 0.3 is 0 Å². The maximum absolute atomic E-state index is 10.3. The number of fused-ring (bicyclic) bond motifs is 1. The van der Waals surface area contributed by atoms with Gasteiger partial charge in [-0.1, -0.05) is 0 Å². The number of aromatic nitrogens is 3. The van der Waals surface area contributed by atoms with E-state index in [0.717, 1.165) is 42.6 Å². The summed E-state index contributed by atoms with van der Waals surface area (Å²) in [6.07, 6.45) is 8.89. The highest BCUT2D eigenvalue weighted by molar-refractivity contribution is 5.87. The third-order valence-corrected chi connectivity index (χ3v) is 4.52. The van der Waals surface area contributed by atoms with Gasteiger partial charge in [-0.15, -0.1) is 0 Å². The molecule has 0 aliphatic heterocycles. The summed E-state index contributed by atoms with van der Waals surface area (Å²) < 4.78 is 2.29. The van der Waals surface area contributed by atoms with E-state index in [0.29, 0.717) is 18.4 Å². The smallest absolute Gasteiger partial charge is 0.145 e.